The number of nitrogens with two attached hydrogens (primary N) is 2. The number of alkyl halides is 14. The fourth-order valence-electron chi connectivity index (χ4n) is 20.0. The van der Waals surface area contributed by atoms with E-state index in [1.807, 2.05) is 24.3 Å². The highest BCUT2D eigenvalue weighted by atomic mass is 35.5. The molecule has 0 spiro atoms. The van der Waals surface area contributed by atoms with Crippen molar-refractivity contribution in [1.82, 2.24) is 19.1 Å². The van der Waals surface area contributed by atoms with Gasteiger partial charge in [0.25, 0.3) is 0 Å². The maximum absolute atomic E-state index is 13.7. The summed E-state index contributed by atoms with van der Waals surface area (Å²) in [5, 5.41) is 78.2. The van der Waals surface area contributed by atoms with Crippen LogP contribution in [-0.2, 0) is 43.9 Å². The van der Waals surface area contributed by atoms with Gasteiger partial charge in [0.1, 0.15) is 35.3 Å². The third kappa shape index (κ3) is 23.8. The minimum atomic E-state index is -5.54. The number of hydrogen-bond donors (Lipinski definition) is 10. The Labute approximate surface area is 694 Å². The second-order valence-electron chi connectivity index (χ2n) is 34.1. The van der Waals surface area contributed by atoms with Crippen molar-refractivity contribution in [3.63, 3.8) is 0 Å². The molecular formula is C82H117ClF14N6O14S2. The van der Waals surface area contributed by atoms with Gasteiger partial charge >= 0.3 is 47.4 Å². The zero-order chi connectivity index (χ0) is 86.7. The Balaban J connectivity index is 0.000000211. The number of aromatic hydroxyl groups is 2. The zero-order valence-corrected chi connectivity index (χ0v) is 69.4. The Bertz CT molecular complexity index is 3830. The third-order valence-electron chi connectivity index (χ3n) is 26.4. The molecule has 2 aromatic carbocycles. The summed E-state index contributed by atoms with van der Waals surface area (Å²) in [7, 11) is -2.71. The molecule has 37 heteroatoms. The number of phenols is 2. The highest BCUT2D eigenvalue weighted by molar-refractivity contribution is 7.85. The van der Waals surface area contributed by atoms with Crippen molar-refractivity contribution in [2.45, 2.75) is 303 Å². The average molecular weight is 1780 g/mol. The number of aliphatic hydroxyl groups excluding tert-OH is 6. The molecule has 12 rings (SSSR count). The molecule has 4 heterocycles. The standard InChI is InChI=1S/2C32H47F5O3S.2C9H11F2N3O4.ClH/c2*1-30-17-15-26-25-12-11-24(38)21-23(25)20-22(29(26)27(30)13-14-28(30)39)10-7-5-3-2-4-6-8-18-41(40)19-9-16-31(33,34)32(35,36)37;2*10-9(11)6(16)4(3-15)18-7(9)14-2-1-5(12)13-8(14)17;/h2*11-12,21-22,26-29,38-39H,2-10,13-20H2,1H3;2*1-2,4,6-7,15-16H,3H2,(H2,12,13,17);1H/t2*22-,26-,27+,28+,29-,30+,41?;2*4-,6-,7-;/m1111./s1. The van der Waals surface area contributed by atoms with E-state index in [2.05, 4.69) is 35.9 Å². The molecular weight excluding hydrogens is 1660 g/mol. The van der Waals surface area contributed by atoms with Gasteiger partial charge in [-0.15, -0.1) is 12.4 Å². The number of anilines is 2. The maximum atomic E-state index is 13.7. The van der Waals surface area contributed by atoms with Crippen LogP contribution in [0, 0.1) is 46.3 Å². The van der Waals surface area contributed by atoms with Crippen molar-refractivity contribution < 1.29 is 120 Å². The van der Waals surface area contributed by atoms with Crippen molar-refractivity contribution in [2.24, 2.45) is 46.3 Å². The van der Waals surface area contributed by atoms with E-state index < -0.39 is 145 Å². The summed E-state index contributed by atoms with van der Waals surface area (Å²) < 4.78 is 214. The molecule has 676 valence electrons. The van der Waals surface area contributed by atoms with Crippen LogP contribution in [0.5, 0.6) is 11.5 Å². The van der Waals surface area contributed by atoms with Crippen LogP contribution >= 0.6 is 12.4 Å². The Kier molecular flexibility index (Phi) is 35.1. The average Bonchev–Trinajstić information content (AvgIpc) is 1.69. The number of benzene rings is 2. The predicted octanol–water partition coefficient (Wildman–Crippen LogP) is 15.2. The zero-order valence-electron chi connectivity index (χ0n) is 67.0. The lowest BCUT2D eigenvalue weighted by molar-refractivity contribution is -0.284. The van der Waals surface area contributed by atoms with Crippen LogP contribution in [0.4, 0.5) is 73.1 Å². The monoisotopic (exact) mass is 1770 g/mol. The minimum absolute atomic E-state index is 0. The number of halogens is 15. The van der Waals surface area contributed by atoms with E-state index in [1.165, 1.54) is 22.3 Å². The van der Waals surface area contributed by atoms with Crippen molar-refractivity contribution in [1.29, 1.82) is 0 Å². The van der Waals surface area contributed by atoms with Gasteiger partial charge in [0.05, 0.1) is 25.4 Å². The predicted molar refractivity (Wildman–Crippen MR) is 422 cm³/mol. The van der Waals surface area contributed by atoms with Crippen molar-refractivity contribution in [3.05, 3.63) is 104 Å². The van der Waals surface area contributed by atoms with E-state index in [1.54, 1.807) is 0 Å². The number of aliphatic hydroxyl groups is 6. The van der Waals surface area contributed by atoms with Crippen LogP contribution in [0.2, 0.25) is 0 Å². The molecule has 0 amide bonds. The Hall–Kier alpha value is -5.31. The number of unbranched alkanes of at least 4 members (excludes halogenated alkanes) is 12. The third-order valence-corrected chi connectivity index (χ3v) is 29.4. The fourth-order valence-corrected chi connectivity index (χ4v) is 22.4. The Morgan fingerprint density at radius 2 is 0.815 bits per heavy atom. The van der Waals surface area contributed by atoms with Gasteiger partial charge in [0.15, 0.2) is 12.2 Å². The molecule has 6 fully saturated rings. The molecule has 20 atom stereocenters. The van der Waals surface area contributed by atoms with Gasteiger partial charge < -0.3 is 61.8 Å². The summed E-state index contributed by atoms with van der Waals surface area (Å²) >= 11 is 0. The summed E-state index contributed by atoms with van der Waals surface area (Å²) in [6.07, 6.45) is 2.57. The number of aromatic nitrogens is 4. The van der Waals surface area contributed by atoms with Gasteiger partial charge in [0, 0.05) is 69.8 Å². The molecule has 6 aliphatic carbocycles. The van der Waals surface area contributed by atoms with Crippen molar-refractivity contribution in [3.8, 4) is 11.5 Å². The number of fused-ring (bicyclic) bond motifs is 10. The largest absolute Gasteiger partial charge is 0.508 e. The Morgan fingerprint density at radius 3 is 1.13 bits per heavy atom. The lowest BCUT2D eigenvalue weighted by atomic mass is 9.52. The van der Waals surface area contributed by atoms with Gasteiger partial charge in [-0.2, -0.15) is 71.4 Å². The molecule has 8 aliphatic rings. The molecule has 2 unspecified atom stereocenters. The number of hydrogen-bond acceptors (Lipinski definition) is 18. The van der Waals surface area contributed by atoms with E-state index in [4.69, 9.17) is 31.2 Å². The second kappa shape index (κ2) is 42.1. The van der Waals surface area contributed by atoms with Gasteiger partial charge in [0.2, 0.25) is 12.5 Å². The fraction of sp³-hybridized carbons (Fsp3) is 0.756. The molecule has 4 aromatic rings. The first-order valence-electron chi connectivity index (χ1n) is 41.3. The minimum Gasteiger partial charge on any atom is -0.508 e. The topological polar surface area (TPSA) is 336 Å². The van der Waals surface area contributed by atoms with E-state index in [0.29, 0.717) is 92.3 Å². The van der Waals surface area contributed by atoms with Crippen LogP contribution in [0.25, 0.3) is 0 Å². The molecule has 2 saturated heterocycles. The van der Waals surface area contributed by atoms with Gasteiger partial charge in [-0.1, -0.05) is 103 Å². The number of nitrogens with zero attached hydrogens (tertiary/aromatic N) is 4. The summed E-state index contributed by atoms with van der Waals surface area (Å²) in [6.45, 7) is 3.03. The first-order valence-corrected chi connectivity index (χ1v) is 44.3. The Morgan fingerprint density at radius 1 is 0.487 bits per heavy atom. The number of ether oxygens (including phenoxy) is 2. The number of rotatable bonds is 32. The SMILES string of the molecule is C[C@]12CC[C@@H]3c4ccc(O)cc4C[C@@H](CCCCCCCCCS(=O)CCCC(F)(F)C(F)(F)F)[C@H]3[C@@H]1CC[C@@H]2O.C[C@]12CC[C@@H]3c4ccc(O)cc4C[C@@H](CCCCCCCCCS(=O)CCCC(F)(F)C(F)(F)F)[C@H]3[C@@H]1CC[C@@H]2O.Cl.Nc1ccn([C@@H]2O[C@H](CO)[C@@H](O)C2(F)F)c(=O)n1.Nc1ccn([C@@H]2O[C@H](CO)[C@@H](O)C2(F)F)c(=O)n1. The van der Waals surface area contributed by atoms with Crippen LogP contribution in [0.3, 0.4) is 0 Å². The number of nitrogen functional groups attached to an aromatic ring is 2. The number of phenolic OH excluding ortho intramolecular Hbond substituents is 2. The van der Waals surface area contributed by atoms with Crippen LogP contribution < -0.4 is 22.8 Å². The summed E-state index contributed by atoms with van der Waals surface area (Å²) in [5.41, 5.74) is 13.9. The summed E-state index contributed by atoms with van der Waals surface area (Å²) in [4.78, 5) is 29.4. The smallest absolute Gasteiger partial charge is 0.453 e. The molecule has 20 nitrogen and oxygen atoms in total. The van der Waals surface area contributed by atoms with E-state index in [-0.39, 0.29) is 58.6 Å². The summed E-state index contributed by atoms with van der Waals surface area (Å²) in [6, 6.07) is 14.1. The van der Waals surface area contributed by atoms with Crippen molar-refractivity contribution >= 4 is 45.6 Å². The highest BCUT2D eigenvalue weighted by Gasteiger charge is 2.63. The highest BCUT2D eigenvalue weighted by Crippen LogP contribution is 2.65. The van der Waals surface area contributed by atoms with Crippen LogP contribution in [0.15, 0.2) is 70.5 Å². The normalized spacial score (nSPS) is 30.2. The van der Waals surface area contributed by atoms with Gasteiger partial charge in [-0.05, 0) is 220 Å². The van der Waals surface area contributed by atoms with Crippen LogP contribution in [0.1, 0.15) is 240 Å². The first kappa shape index (κ1) is 99.1. The first-order chi connectivity index (χ1) is 55.4. The summed E-state index contributed by atoms with van der Waals surface area (Å²) in [5.74, 6) is -11.5. The van der Waals surface area contributed by atoms with E-state index in [9.17, 15) is 110 Å². The molecule has 119 heavy (non-hydrogen) atoms. The van der Waals surface area contributed by atoms with Gasteiger partial charge in [-0.3, -0.25) is 17.6 Å². The lowest BCUT2D eigenvalue weighted by Gasteiger charge is -2.53. The molecule has 4 saturated carbocycles. The van der Waals surface area contributed by atoms with Crippen molar-refractivity contribution in [2.75, 3.05) is 47.7 Å². The van der Waals surface area contributed by atoms with Gasteiger partial charge in [-0.25, -0.2) is 9.59 Å². The lowest BCUT2D eigenvalue weighted by Crippen LogP contribution is -2.47. The maximum Gasteiger partial charge on any atom is 0.453 e. The molecule has 0 radical (unpaired) electrons. The van der Waals surface area contributed by atoms with E-state index in [0.717, 1.165) is 179 Å². The molecule has 2 aliphatic heterocycles. The second-order valence-corrected chi connectivity index (χ2v) is 37.5. The molecule has 0 bridgehead atoms. The quantitative estimate of drug-likeness (QED) is 0.0160. The molecule has 12 N–H and O–H groups in total. The van der Waals surface area contributed by atoms with Crippen LogP contribution in [-0.4, -0.2) is 177 Å². The molecule has 2 aromatic heterocycles. The van der Waals surface area contributed by atoms with E-state index >= 15 is 0 Å².